The standard InChI is InChI=1S/C13H19NO/c1-4-5-9-13(15)11-7-6-8-12(10-11)14(2)3/h6-8,10H,4-5,9H2,1-3H3. The van der Waals surface area contributed by atoms with Gasteiger partial charge in [0.15, 0.2) is 5.78 Å². The van der Waals surface area contributed by atoms with Crippen LogP contribution in [0, 0.1) is 0 Å². The number of hydrogen-bond donors (Lipinski definition) is 0. The topological polar surface area (TPSA) is 20.3 Å². The van der Waals surface area contributed by atoms with Crippen molar-refractivity contribution in [3.8, 4) is 0 Å². The monoisotopic (exact) mass is 205 g/mol. The van der Waals surface area contributed by atoms with Gasteiger partial charge < -0.3 is 4.90 Å². The lowest BCUT2D eigenvalue weighted by molar-refractivity contribution is 0.0980. The van der Waals surface area contributed by atoms with Crippen molar-refractivity contribution in [2.75, 3.05) is 19.0 Å². The lowest BCUT2D eigenvalue weighted by Gasteiger charge is -2.13. The minimum atomic E-state index is 0.251. The Bertz CT molecular complexity index is 331. The number of carbonyl (C=O) groups is 1. The third kappa shape index (κ3) is 3.39. The molecule has 0 aliphatic carbocycles. The Kier molecular flexibility index (Phi) is 4.35. The fraction of sp³-hybridized carbons (Fsp3) is 0.462. The van der Waals surface area contributed by atoms with Gasteiger partial charge in [0.2, 0.25) is 0 Å². The summed E-state index contributed by atoms with van der Waals surface area (Å²) >= 11 is 0. The summed E-state index contributed by atoms with van der Waals surface area (Å²) in [5, 5.41) is 0. The molecule has 0 aliphatic rings. The predicted octanol–water partition coefficient (Wildman–Crippen LogP) is 3.13. The molecule has 1 rings (SSSR count). The molecule has 0 saturated carbocycles. The van der Waals surface area contributed by atoms with Gasteiger partial charge in [0, 0.05) is 31.8 Å². The minimum Gasteiger partial charge on any atom is -0.378 e. The van der Waals surface area contributed by atoms with Gasteiger partial charge in [-0.1, -0.05) is 25.5 Å². The van der Waals surface area contributed by atoms with Crippen LogP contribution < -0.4 is 4.90 Å². The number of nitrogens with zero attached hydrogens (tertiary/aromatic N) is 1. The quantitative estimate of drug-likeness (QED) is 0.688. The number of ketones is 1. The van der Waals surface area contributed by atoms with E-state index in [2.05, 4.69) is 6.92 Å². The van der Waals surface area contributed by atoms with Crippen molar-refractivity contribution >= 4 is 11.5 Å². The number of hydrogen-bond acceptors (Lipinski definition) is 2. The van der Waals surface area contributed by atoms with Crippen LogP contribution in [0.15, 0.2) is 24.3 Å². The van der Waals surface area contributed by atoms with Crippen molar-refractivity contribution in [3.05, 3.63) is 29.8 Å². The van der Waals surface area contributed by atoms with Gasteiger partial charge in [-0.3, -0.25) is 4.79 Å². The summed E-state index contributed by atoms with van der Waals surface area (Å²) in [6.07, 6.45) is 2.71. The molecule has 0 radical (unpaired) electrons. The molecule has 0 spiro atoms. The zero-order valence-electron chi connectivity index (χ0n) is 9.79. The van der Waals surface area contributed by atoms with E-state index in [1.807, 2.05) is 43.3 Å². The van der Waals surface area contributed by atoms with E-state index in [1.54, 1.807) is 0 Å². The van der Waals surface area contributed by atoms with Gasteiger partial charge in [0.25, 0.3) is 0 Å². The maximum Gasteiger partial charge on any atom is 0.162 e. The molecular weight excluding hydrogens is 186 g/mol. The number of benzene rings is 1. The molecule has 0 N–H and O–H groups in total. The molecule has 1 aromatic rings. The molecule has 0 amide bonds. The molecule has 2 heteroatoms. The van der Waals surface area contributed by atoms with Crippen LogP contribution in [-0.4, -0.2) is 19.9 Å². The summed E-state index contributed by atoms with van der Waals surface area (Å²) in [4.78, 5) is 13.8. The van der Waals surface area contributed by atoms with E-state index in [4.69, 9.17) is 0 Å². The summed E-state index contributed by atoms with van der Waals surface area (Å²) in [5.41, 5.74) is 1.91. The van der Waals surface area contributed by atoms with Crippen LogP contribution >= 0.6 is 0 Å². The summed E-state index contributed by atoms with van der Waals surface area (Å²) in [5.74, 6) is 0.251. The first-order valence-corrected chi connectivity index (χ1v) is 5.45. The van der Waals surface area contributed by atoms with Crippen LogP contribution in [0.5, 0.6) is 0 Å². The van der Waals surface area contributed by atoms with Gasteiger partial charge in [-0.25, -0.2) is 0 Å². The van der Waals surface area contributed by atoms with Gasteiger partial charge >= 0.3 is 0 Å². The molecule has 15 heavy (non-hydrogen) atoms. The van der Waals surface area contributed by atoms with Crippen molar-refractivity contribution in [1.29, 1.82) is 0 Å². The molecule has 0 heterocycles. The van der Waals surface area contributed by atoms with E-state index in [0.29, 0.717) is 6.42 Å². The normalized spacial score (nSPS) is 10.1. The van der Waals surface area contributed by atoms with Gasteiger partial charge in [-0.15, -0.1) is 0 Å². The van der Waals surface area contributed by atoms with Crippen LogP contribution in [0.25, 0.3) is 0 Å². The molecule has 2 nitrogen and oxygen atoms in total. The van der Waals surface area contributed by atoms with Crippen LogP contribution in [-0.2, 0) is 0 Å². The summed E-state index contributed by atoms with van der Waals surface area (Å²) in [6.45, 7) is 2.10. The molecule has 82 valence electrons. The van der Waals surface area contributed by atoms with E-state index in [-0.39, 0.29) is 5.78 Å². The molecule has 0 unspecified atom stereocenters. The fourth-order valence-corrected chi connectivity index (χ4v) is 1.44. The number of Topliss-reactive ketones (excluding diaryl/α,β-unsaturated/α-hetero) is 1. The first-order valence-electron chi connectivity index (χ1n) is 5.45. The number of unbranched alkanes of at least 4 members (excludes halogenated alkanes) is 1. The van der Waals surface area contributed by atoms with Crippen LogP contribution in [0.4, 0.5) is 5.69 Å². The molecule has 0 fully saturated rings. The third-order valence-corrected chi connectivity index (χ3v) is 2.44. The van der Waals surface area contributed by atoms with Crippen molar-refractivity contribution in [2.45, 2.75) is 26.2 Å². The van der Waals surface area contributed by atoms with Gasteiger partial charge in [0.1, 0.15) is 0 Å². The van der Waals surface area contributed by atoms with E-state index in [1.165, 1.54) is 0 Å². The number of anilines is 1. The number of rotatable bonds is 5. The zero-order chi connectivity index (χ0) is 11.3. The first kappa shape index (κ1) is 11.8. The number of carbonyl (C=O) groups excluding carboxylic acids is 1. The highest BCUT2D eigenvalue weighted by atomic mass is 16.1. The second-order valence-electron chi connectivity index (χ2n) is 3.97. The average Bonchev–Trinajstić information content (AvgIpc) is 2.26. The van der Waals surface area contributed by atoms with Gasteiger partial charge in [0.05, 0.1) is 0 Å². The van der Waals surface area contributed by atoms with Crippen LogP contribution in [0.3, 0.4) is 0 Å². The lowest BCUT2D eigenvalue weighted by Crippen LogP contribution is -2.09. The molecule has 0 aromatic heterocycles. The van der Waals surface area contributed by atoms with E-state index < -0.39 is 0 Å². The maximum absolute atomic E-state index is 11.8. The van der Waals surface area contributed by atoms with Crippen molar-refractivity contribution < 1.29 is 4.79 Å². The van der Waals surface area contributed by atoms with Crippen LogP contribution in [0.1, 0.15) is 36.5 Å². The Labute approximate surface area is 91.9 Å². The lowest BCUT2D eigenvalue weighted by atomic mass is 10.1. The molecular formula is C13H19NO. The molecule has 0 saturated heterocycles. The third-order valence-electron chi connectivity index (χ3n) is 2.44. The highest BCUT2D eigenvalue weighted by Gasteiger charge is 2.06. The molecule has 0 atom stereocenters. The molecule has 0 aliphatic heterocycles. The minimum absolute atomic E-state index is 0.251. The van der Waals surface area contributed by atoms with Crippen molar-refractivity contribution in [1.82, 2.24) is 0 Å². The molecule has 0 bridgehead atoms. The maximum atomic E-state index is 11.8. The average molecular weight is 205 g/mol. The van der Waals surface area contributed by atoms with Crippen molar-refractivity contribution in [3.63, 3.8) is 0 Å². The van der Waals surface area contributed by atoms with Crippen LogP contribution in [0.2, 0.25) is 0 Å². The SMILES string of the molecule is CCCCC(=O)c1cccc(N(C)C)c1. The van der Waals surface area contributed by atoms with Crippen molar-refractivity contribution in [2.24, 2.45) is 0 Å². The zero-order valence-corrected chi connectivity index (χ0v) is 9.79. The Morgan fingerprint density at radius 1 is 1.33 bits per heavy atom. The van der Waals surface area contributed by atoms with Gasteiger partial charge in [-0.2, -0.15) is 0 Å². The van der Waals surface area contributed by atoms with Gasteiger partial charge in [-0.05, 0) is 18.6 Å². The first-order chi connectivity index (χ1) is 7.15. The highest BCUT2D eigenvalue weighted by Crippen LogP contribution is 2.15. The largest absolute Gasteiger partial charge is 0.378 e. The Hall–Kier alpha value is -1.31. The summed E-state index contributed by atoms with van der Waals surface area (Å²) in [7, 11) is 3.96. The predicted molar refractivity (Wildman–Crippen MR) is 64.6 cm³/mol. The highest BCUT2D eigenvalue weighted by molar-refractivity contribution is 5.96. The second-order valence-corrected chi connectivity index (χ2v) is 3.97. The molecule has 1 aromatic carbocycles. The van der Waals surface area contributed by atoms with E-state index >= 15 is 0 Å². The Morgan fingerprint density at radius 3 is 2.67 bits per heavy atom. The van der Waals surface area contributed by atoms with E-state index in [9.17, 15) is 4.79 Å². The second kappa shape index (κ2) is 5.54. The summed E-state index contributed by atoms with van der Waals surface area (Å²) in [6, 6.07) is 7.80. The smallest absolute Gasteiger partial charge is 0.162 e. The Morgan fingerprint density at radius 2 is 2.07 bits per heavy atom. The Balaban J connectivity index is 2.76. The fourth-order valence-electron chi connectivity index (χ4n) is 1.44. The van der Waals surface area contributed by atoms with E-state index in [0.717, 1.165) is 24.1 Å². The summed E-state index contributed by atoms with van der Waals surface area (Å²) < 4.78 is 0.